The highest BCUT2D eigenvalue weighted by molar-refractivity contribution is 7.90. The van der Waals surface area contributed by atoms with Gasteiger partial charge in [0.2, 0.25) is 0 Å². The van der Waals surface area contributed by atoms with E-state index in [2.05, 4.69) is 4.98 Å². The Morgan fingerprint density at radius 2 is 2.25 bits per heavy atom. The SMILES string of the molecule is C[C@@H](OCC1CC1)C(=O)NS(=O)(=O)c1ccc(Cl)cn1. The van der Waals surface area contributed by atoms with Crippen LogP contribution >= 0.6 is 11.6 Å². The normalized spacial score (nSPS) is 16.7. The Hall–Kier alpha value is -1.18. The molecule has 6 nitrogen and oxygen atoms in total. The second-order valence-electron chi connectivity index (χ2n) is 4.70. The molecule has 1 fully saturated rings. The lowest BCUT2D eigenvalue weighted by Gasteiger charge is -2.13. The second kappa shape index (κ2) is 6.07. The number of amides is 1. The second-order valence-corrected chi connectivity index (χ2v) is 6.77. The van der Waals surface area contributed by atoms with E-state index in [1.165, 1.54) is 25.3 Å². The van der Waals surface area contributed by atoms with Crippen LogP contribution in [0.3, 0.4) is 0 Å². The fraction of sp³-hybridized carbons (Fsp3) is 0.500. The Morgan fingerprint density at radius 3 is 2.80 bits per heavy atom. The van der Waals surface area contributed by atoms with Gasteiger partial charge in [-0.25, -0.2) is 9.71 Å². The lowest BCUT2D eigenvalue weighted by molar-refractivity contribution is -0.130. The van der Waals surface area contributed by atoms with E-state index in [1.807, 2.05) is 4.72 Å². The Labute approximate surface area is 122 Å². The molecule has 0 spiro atoms. The molecule has 1 N–H and O–H groups in total. The lowest BCUT2D eigenvalue weighted by atomic mass is 10.4. The maximum absolute atomic E-state index is 11.9. The molecule has 1 atom stereocenters. The lowest BCUT2D eigenvalue weighted by Crippen LogP contribution is -2.39. The largest absolute Gasteiger partial charge is 0.368 e. The van der Waals surface area contributed by atoms with Crippen LogP contribution in [0.5, 0.6) is 0 Å². The Balaban J connectivity index is 1.95. The number of hydrogen-bond acceptors (Lipinski definition) is 5. The highest BCUT2D eigenvalue weighted by atomic mass is 35.5. The highest BCUT2D eigenvalue weighted by Gasteiger charge is 2.26. The van der Waals surface area contributed by atoms with Crippen molar-refractivity contribution in [3.63, 3.8) is 0 Å². The smallest absolute Gasteiger partial charge is 0.281 e. The highest BCUT2D eigenvalue weighted by Crippen LogP contribution is 2.29. The molecular formula is C12H15ClN2O4S. The van der Waals surface area contributed by atoms with Crippen LogP contribution in [0.4, 0.5) is 0 Å². The fourth-order valence-electron chi connectivity index (χ4n) is 1.43. The summed E-state index contributed by atoms with van der Waals surface area (Å²) in [5, 5.41) is 0.0565. The summed E-state index contributed by atoms with van der Waals surface area (Å²) in [5.74, 6) is -0.206. The van der Waals surface area contributed by atoms with Gasteiger partial charge in [-0.2, -0.15) is 8.42 Å². The summed E-state index contributed by atoms with van der Waals surface area (Å²) in [6.07, 6.45) is 2.58. The number of hydrogen-bond donors (Lipinski definition) is 1. The number of carbonyl (C=O) groups is 1. The third kappa shape index (κ3) is 4.16. The molecule has 1 aromatic heterocycles. The van der Waals surface area contributed by atoms with E-state index in [0.717, 1.165) is 12.8 Å². The number of nitrogens with one attached hydrogen (secondary N) is 1. The number of carbonyl (C=O) groups excluding carboxylic acids is 1. The summed E-state index contributed by atoms with van der Waals surface area (Å²) in [6.45, 7) is 2.00. The van der Waals surface area contributed by atoms with Gasteiger partial charge < -0.3 is 4.74 Å². The van der Waals surface area contributed by atoms with Gasteiger partial charge >= 0.3 is 0 Å². The number of nitrogens with zero attached hydrogens (tertiary/aromatic N) is 1. The van der Waals surface area contributed by atoms with E-state index in [1.54, 1.807) is 0 Å². The van der Waals surface area contributed by atoms with Crippen molar-refractivity contribution in [3.8, 4) is 0 Å². The topological polar surface area (TPSA) is 85.4 Å². The van der Waals surface area contributed by atoms with Crippen LogP contribution in [0.2, 0.25) is 5.02 Å². The standard InChI is InChI=1S/C12H15ClN2O4S/c1-8(19-7-9-2-3-9)12(16)15-20(17,18)11-5-4-10(13)6-14-11/h4-6,8-9H,2-3,7H2,1H3,(H,15,16)/t8-/m1/s1. The zero-order chi connectivity index (χ0) is 14.8. The monoisotopic (exact) mass is 318 g/mol. The summed E-state index contributed by atoms with van der Waals surface area (Å²) < 4.78 is 31.1. The van der Waals surface area contributed by atoms with Crippen molar-refractivity contribution < 1.29 is 17.9 Å². The van der Waals surface area contributed by atoms with Crippen LogP contribution in [0, 0.1) is 5.92 Å². The van der Waals surface area contributed by atoms with Crippen LogP contribution < -0.4 is 4.72 Å². The van der Waals surface area contributed by atoms with E-state index in [-0.39, 0.29) is 5.03 Å². The third-order valence-corrected chi connectivity index (χ3v) is 4.34. The third-order valence-electron chi connectivity index (χ3n) is 2.86. The predicted molar refractivity (Wildman–Crippen MR) is 72.7 cm³/mol. The molecule has 1 amide bonds. The molecule has 0 aromatic carbocycles. The summed E-state index contributed by atoms with van der Waals surface area (Å²) in [7, 11) is -3.99. The minimum absolute atomic E-state index is 0.260. The minimum Gasteiger partial charge on any atom is -0.368 e. The molecule has 110 valence electrons. The quantitative estimate of drug-likeness (QED) is 0.856. The number of rotatable bonds is 6. The van der Waals surface area contributed by atoms with Gasteiger partial charge in [0.05, 0.1) is 11.6 Å². The van der Waals surface area contributed by atoms with E-state index in [4.69, 9.17) is 16.3 Å². The molecule has 2 rings (SSSR count). The van der Waals surface area contributed by atoms with Gasteiger partial charge in [-0.05, 0) is 37.8 Å². The first-order valence-electron chi connectivity index (χ1n) is 6.18. The fourth-order valence-corrected chi connectivity index (χ4v) is 2.52. The summed E-state index contributed by atoms with van der Waals surface area (Å²) >= 11 is 5.63. The van der Waals surface area contributed by atoms with Crippen molar-refractivity contribution in [1.29, 1.82) is 0 Å². The van der Waals surface area contributed by atoms with Crippen molar-refractivity contribution in [3.05, 3.63) is 23.4 Å². The number of aromatic nitrogens is 1. The molecule has 1 aliphatic carbocycles. The van der Waals surface area contributed by atoms with Crippen LogP contribution in [0.1, 0.15) is 19.8 Å². The van der Waals surface area contributed by atoms with Crippen molar-refractivity contribution >= 4 is 27.5 Å². The van der Waals surface area contributed by atoms with E-state index < -0.39 is 22.0 Å². The van der Waals surface area contributed by atoms with Crippen LogP contribution in [-0.4, -0.2) is 32.0 Å². The van der Waals surface area contributed by atoms with E-state index in [0.29, 0.717) is 17.5 Å². The summed E-state index contributed by atoms with van der Waals surface area (Å²) in [5.41, 5.74) is 0. The van der Waals surface area contributed by atoms with Gasteiger partial charge in [0, 0.05) is 6.20 Å². The van der Waals surface area contributed by atoms with Crippen LogP contribution in [-0.2, 0) is 19.6 Å². The number of sulfonamides is 1. The molecule has 0 saturated heterocycles. The van der Waals surface area contributed by atoms with Crippen molar-refractivity contribution in [1.82, 2.24) is 9.71 Å². The summed E-state index contributed by atoms with van der Waals surface area (Å²) in [6, 6.07) is 2.62. The zero-order valence-electron chi connectivity index (χ0n) is 10.9. The molecule has 20 heavy (non-hydrogen) atoms. The van der Waals surface area contributed by atoms with Crippen LogP contribution in [0.15, 0.2) is 23.4 Å². The van der Waals surface area contributed by atoms with Crippen molar-refractivity contribution in [2.45, 2.75) is 30.9 Å². The molecule has 1 aromatic rings. The molecule has 8 heteroatoms. The summed E-state index contributed by atoms with van der Waals surface area (Å²) in [4.78, 5) is 15.4. The average Bonchev–Trinajstić information content (AvgIpc) is 3.20. The zero-order valence-corrected chi connectivity index (χ0v) is 12.4. The number of halogens is 1. The van der Waals surface area contributed by atoms with Gasteiger partial charge in [0.25, 0.3) is 15.9 Å². The first-order valence-corrected chi connectivity index (χ1v) is 8.04. The first-order chi connectivity index (χ1) is 9.38. The molecular weight excluding hydrogens is 304 g/mol. The Bertz CT molecular complexity index is 584. The maximum Gasteiger partial charge on any atom is 0.281 e. The van der Waals surface area contributed by atoms with Crippen LogP contribution in [0.25, 0.3) is 0 Å². The van der Waals surface area contributed by atoms with Crippen molar-refractivity contribution in [2.24, 2.45) is 5.92 Å². The molecule has 1 saturated carbocycles. The molecule has 0 unspecified atom stereocenters. The number of ether oxygens (including phenoxy) is 1. The van der Waals surface area contributed by atoms with Gasteiger partial charge in [0.1, 0.15) is 6.10 Å². The maximum atomic E-state index is 11.9. The molecule has 1 heterocycles. The van der Waals surface area contributed by atoms with Gasteiger partial charge in [-0.3, -0.25) is 4.79 Å². The minimum atomic E-state index is -3.99. The Morgan fingerprint density at radius 1 is 1.55 bits per heavy atom. The predicted octanol–water partition coefficient (Wildman–Crippen LogP) is 1.35. The Kier molecular flexibility index (Phi) is 4.62. The van der Waals surface area contributed by atoms with E-state index in [9.17, 15) is 13.2 Å². The first kappa shape index (κ1) is 15.2. The van der Waals surface area contributed by atoms with Gasteiger partial charge in [0.15, 0.2) is 5.03 Å². The van der Waals surface area contributed by atoms with E-state index >= 15 is 0 Å². The van der Waals surface area contributed by atoms with Gasteiger partial charge in [-0.1, -0.05) is 11.6 Å². The molecule has 0 bridgehead atoms. The average molecular weight is 319 g/mol. The van der Waals surface area contributed by atoms with Gasteiger partial charge in [-0.15, -0.1) is 0 Å². The number of pyridine rings is 1. The molecule has 0 radical (unpaired) electrons. The molecule has 0 aliphatic heterocycles. The van der Waals surface area contributed by atoms with Crippen molar-refractivity contribution in [2.75, 3.05) is 6.61 Å². The molecule has 1 aliphatic rings.